The molecule has 118 valence electrons. The van der Waals surface area contributed by atoms with Crippen LogP contribution in [0.2, 0.25) is 0 Å². The van der Waals surface area contributed by atoms with Crippen LogP contribution in [0.25, 0.3) is 0 Å². The van der Waals surface area contributed by atoms with Crippen LogP contribution in [0.5, 0.6) is 0 Å². The van der Waals surface area contributed by atoms with Crippen molar-refractivity contribution in [3.05, 3.63) is 15.8 Å². The number of hydrogen-bond donors (Lipinski definition) is 1. The Balaban J connectivity index is 2.31. The average molecular weight is 295 g/mol. The Hall–Kier alpha value is -1.63. The van der Waals surface area contributed by atoms with Gasteiger partial charge in [0.2, 0.25) is 5.82 Å². The lowest BCUT2D eigenvalue weighted by molar-refractivity contribution is -0.384. The molecule has 0 aromatic carbocycles. The van der Waals surface area contributed by atoms with E-state index in [0.717, 1.165) is 32.5 Å². The minimum atomic E-state index is -0.310. The van der Waals surface area contributed by atoms with Crippen molar-refractivity contribution in [1.82, 2.24) is 15.1 Å². The Bertz CT molecular complexity index is 506. The summed E-state index contributed by atoms with van der Waals surface area (Å²) in [7, 11) is 1.78. The zero-order valence-electron chi connectivity index (χ0n) is 13.3. The Morgan fingerprint density at radius 3 is 2.62 bits per heavy atom. The van der Waals surface area contributed by atoms with Crippen molar-refractivity contribution in [3.8, 4) is 0 Å². The zero-order chi connectivity index (χ0) is 15.6. The number of nitro groups is 1. The van der Waals surface area contributed by atoms with Crippen LogP contribution in [0.15, 0.2) is 0 Å². The number of hydrogen-bond acceptors (Lipinski definition) is 5. The standard InChI is InChI=1S/C14H25N5O2/c1-10(2)18(9-12-5-7-15-8-6-12)14-13(19(20)21)11(3)16-17(14)4/h10,12,15H,5-9H2,1-4H3. The van der Waals surface area contributed by atoms with Crippen LogP contribution in [0.4, 0.5) is 11.5 Å². The number of nitrogens with zero attached hydrogens (tertiary/aromatic N) is 4. The predicted octanol–water partition coefficient (Wildman–Crippen LogP) is 1.85. The van der Waals surface area contributed by atoms with E-state index in [1.54, 1.807) is 18.7 Å². The second kappa shape index (κ2) is 6.43. The highest BCUT2D eigenvalue weighted by Crippen LogP contribution is 2.33. The van der Waals surface area contributed by atoms with Gasteiger partial charge in [-0.05, 0) is 52.6 Å². The molecule has 1 N–H and O–H groups in total. The highest BCUT2D eigenvalue weighted by atomic mass is 16.6. The number of nitrogens with one attached hydrogen (secondary N) is 1. The van der Waals surface area contributed by atoms with E-state index < -0.39 is 0 Å². The molecular formula is C14H25N5O2. The Labute approximate surface area is 125 Å². The number of aryl methyl sites for hydroxylation is 2. The monoisotopic (exact) mass is 295 g/mol. The minimum Gasteiger partial charge on any atom is -0.348 e. The van der Waals surface area contributed by atoms with Crippen LogP contribution in [-0.2, 0) is 7.05 Å². The number of piperidine rings is 1. The lowest BCUT2D eigenvalue weighted by atomic mass is 9.97. The fourth-order valence-electron chi connectivity index (χ4n) is 3.05. The SMILES string of the molecule is Cc1nn(C)c(N(CC2CCNCC2)C(C)C)c1[N+](=O)[O-]. The number of rotatable bonds is 5. The molecule has 2 heterocycles. The lowest BCUT2D eigenvalue weighted by Gasteiger charge is -2.33. The molecule has 7 nitrogen and oxygen atoms in total. The van der Waals surface area contributed by atoms with E-state index >= 15 is 0 Å². The molecule has 0 atom stereocenters. The summed E-state index contributed by atoms with van der Waals surface area (Å²) in [6, 6.07) is 0.202. The van der Waals surface area contributed by atoms with E-state index in [1.165, 1.54) is 0 Å². The van der Waals surface area contributed by atoms with E-state index in [0.29, 0.717) is 17.4 Å². The third kappa shape index (κ3) is 3.34. The van der Waals surface area contributed by atoms with Gasteiger partial charge in [0, 0.05) is 19.6 Å². The fourth-order valence-corrected chi connectivity index (χ4v) is 3.05. The summed E-state index contributed by atoms with van der Waals surface area (Å²) in [4.78, 5) is 13.2. The Kier molecular flexibility index (Phi) is 4.82. The molecule has 1 fully saturated rings. The Morgan fingerprint density at radius 2 is 2.10 bits per heavy atom. The molecule has 1 aromatic heterocycles. The van der Waals surface area contributed by atoms with E-state index in [2.05, 4.69) is 29.2 Å². The molecule has 7 heteroatoms. The molecule has 0 amide bonds. The quantitative estimate of drug-likeness (QED) is 0.662. The van der Waals surface area contributed by atoms with Gasteiger partial charge in [-0.25, -0.2) is 4.68 Å². The van der Waals surface area contributed by atoms with E-state index in [9.17, 15) is 10.1 Å². The second-order valence-corrected chi connectivity index (χ2v) is 6.08. The lowest BCUT2D eigenvalue weighted by Crippen LogP contribution is -2.40. The normalized spacial score (nSPS) is 16.4. The maximum Gasteiger partial charge on any atom is 0.333 e. The first-order valence-electron chi connectivity index (χ1n) is 7.57. The van der Waals surface area contributed by atoms with Gasteiger partial charge >= 0.3 is 5.69 Å². The van der Waals surface area contributed by atoms with Gasteiger partial charge in [0.1, 0.15) is 5.69 Å². The highest BCUT2D eigenvalue weighted by Gasteiger charge is 2.31. The van der Waals surface area contributed by atoms with E-state index in [4.69, 9.17) is 0 Å². The first-order valence-corrected chi connectivity index (χ1v) is 7.57. The molecule has 2 rings (SSSR count). The molecule has 1 aliphatic rings. The smallest absolute Gasteiger partial charge is 0.333 e. The van der Waals surface area contributed by atoms with Gasteiger partial charge in [-0.2, -0.15) is 5.10 Å². The summed E-state index contributed by atoms with van der Waals surface area (Å²) in [6.07, 6.45) is 2.24. The molecule has 0 saturated carbocycles. The third-order valence-electron chi connectivity index (χ3n) is 4.15. The van der Waals surface area contributed by atoms with Crippen LogP contribution in [-0.4, -0.2) is 40.4 Å². The van der Waals surface area contributed by atoms with Gasteiger partial charge < -0.3 is 10.2 Å². The first kappa shape index (κ1) is 15.8. The van der Waals surface area contributed by atoms with Crippen molar-refractivity contribution in [2.75, 3.05) is 24.5 Å². The van der Waals surface area contributed by atoms with Gasteiger partial charge in [-0.1, -0.05) is 0 Å². The van der Waals surface area contributed by atoms with Crippen molar-refractivity contribution >= 4 is 11.5 Å². The molecular weight excluding hydrogens is 270 g/mol. The first-order chi connectivity index (χ1) is 9.91. The summed E-state index contributed by atoms with van der Waals surface area (Å²) >= 11 is 0. The van der Waals surface area contributed by atoms with Gasteiger partial charge in [0.05, 0.1) is 4.92 Å². The van der Waals surface area contributed by atoms with Gasteiger partial charge in [-0.3, -0.25) is 10.1 Å². The average Bonchev–Trinajstić information content (AvgIpc) is 2.71. The fraction of sp³-hybridized carbons (Fsp3) is 0.786. The summed E-state index contributed by atoms with van der Waals surface area (Å²) in [5.41, 5.74) is 0.619. The molecule has 1 aliphatic heterocycles. The summed E-state index contributed by atoms with van der Waals surface area (Å²) in [5.74, 6) is 1.20. The molecule has 1 saturated heterocycles. The van der Waals surface area contributed by atoms with Crippen LogP contribution >= 0.6 is 0 Å². The second-order valence-electron chi connectivity index (χ2n) is 6.08. The van der Waals surface area contributed by atoms with E-state index in [1.807, 2.05) is 0 Å². The van der Waals surface area contributed by atoms with Crippen LogP contribution < -0.4 is 10.2 Å². The van der Waals surface area contributed by atoms with Crippen LogP contribution in [0, 0.1) is 23.0 Å². The third-order valence-corrected chi connectivity index (χ3v) is 4.15. The van der Waals surface area contributed by atoms with Crippen molar-refractivity contribution in [2.45, 2.75) is 39.7 Å². The van der Waals surface area contributed by atoms with Gasteiger partial charge in [0.25, 0.3) is 0 Å². The molecule has 0 spiro atoms. The molecule has 0 bridgehead atoms. The minimum absolute atomic E-state index is 0.139. The van der Waals surface area contributed by atoms with Crippen molar-refractivity contribution in [3.63, 3.8) is 0 Å². The largest absolute Gasteiger partial charge is 0.348 e. The van der Waals surface area contributed by atoms with Gasteiger partial charge in [-0.15, -0.1) is 0 Å². The molecule has 0 aliphatic carbocycles. The van der Waals surface area contributed by atoms with Crippen molar-refractivity contribution in [2.24, 2.45) is 13.0 Å². The number of aromatic nitrogens is 2. The van der Waals surface area contributed by atoms with Crippen LogP contribution in [0.3, 0.4) is 0 Å². The number of anilines is 1. The maximum atomic E-state index is 11.4. The van der Waals surface area contributed by atoms with Crippen molar-refractivity contribution in [1.29, 1.82) is 0 Å². The Morgan fingerprint density at radius 1 is 1.48 bits per heavy atom. The summed E-state index contributed by atoms with van der Waals surface area (Å²) in [5, 5.41) is 19.0. The predicted molar refractivity (Wildman–Crippen MR) is 82.7 cm³/mol. The molecule has 1 aromatic rings. The topological polar surface area (TPSA) is 76.2 Å². The molecule has 21 heavy (non-hydrogen) atoms. The van der Waals surface area contributed by atoms with E-state index in [-0.39, 0.29) is 16.7 Å². The summed E-state index contributed by atoms with van der Waals surface area (Å²) < 4.78 is 1.65. The zero-order valence-corrected chi connectivity index (χ0v) is 13.3. The molecule has 0 radical (unpaired) electrons. The van der Waals surface area contributed by atoms with Gasteiger partial charge in [0.15, 0.2) is 0 Å². The highest BCUT2D eigenvalue weighted by molar-refractivity contribution is 5.61. The maximum absolute atomic E-state index is 11.4. The van der Waals surface area contributed by atoms with Crippen LogP contribution in [0.1, 0.15) is 32.4 Å². The molecule has 0 unspecified atom stereocenters. The van der Waals surface area contributed by atoms with Crippen molar-refractivity contribution < 1.29 is 4.92 Å². The summed E-state index contributed by atoms with van der Waals surface area (Å²) in [6.45, 7) is 8.76.